The number of benzene rings is 1. The van der Waals surface area contributed by atoms with E-state index in [1.165, 1.54) is 19.3 Å². The Kier molecular flexibility index (Phi) is 6.30. The van der Waals surface area contributed by atoms with E-state index in [0.717, 1.165) is 11.1 Å². The second-order valence-electron chi connectivity index (χ2n) is 6.77. The Balaban J connectivity index is 2.11. The molecule has 152 valence electrons. The maximum atomic E-state index is 12.9. The zero-order valence-corrected chi connectivity index (χ0v) is 17.6. The molecule has 0 unspecified atom stereocenters. The summed E-state index contributed by atoms with van der Waals surface area (Å²) in [5.41, 5.74) is 7.69. The lowest BCUT2D eigenvalue weighted by atomic mass is 10.0. The average Bonchev–Trinajstić information content (AvgIpc) is 3.03. The Labute approximate surface area is 164 Å². The van der Waals surface area contributed by atoms with E-state index >= 15 is 0 Å². The molecule has 2 amide bonds. The Hall–Kier alpha value is -2.65. The second kappa shape index (κ2) is 8.15. The lowest BCUT2D eigenvalue weighted by Gasteiger charge is -2.19. The molecule has 0 saturated carbocycles. The number of nitrogens with one attached hydrogen (secondary N) is 3. The van der Waals surface area contributed by atoms with Crippen molar-refractivity contribution in [2.45, 2.75) is 52.5 Å². The van der Waals surface area contributed by atoms with E-state index in [0.29, 0.717) is 16.9 Å². The fraction of sp³-hybridized carbons (Fsp3) is 0.368. The summed E-state index contributed by atoms with van der Waals surface area (Å²) < 4.78 is 33.1. The van der Waals surface area contributed by atoms with Gasteiger partial charge in [-0.15, -0.1) is 0 Å². The first-order valence-electron chi connectivity index (χ1n) is 8.69. The van der Waals surface area contributed by atoms with Gasteiger partial charge in [0.05, 0.1) is 22.8 Å². The van der Waals surface area contributed by atoms with Crippen LogP contribution < -0.4 is 15.6 Å². The van der Waals surface area contributed by atoms with Gasteiger partial charge in [0.15, 0.2) is 0 Å². The quantitative estimate of drug-likeness (QED) is 0.655. The van der Waals surface area contributed by atoms with Crippen molar-refractivity contribution in [2.24, 2.45) is 0 Å². The highest BCUT2D eigenvalue weighted by atomic mass is 32.2. The summed E-state index contributed by atoms with van der Waals surface area (Å²) in [5, 5.41) is 0. The van der Waals surface area contributed by atoms with E-state index in [-0.39, 0.29) is 10.5 Å². The Bertz CT molecular complexity index is 998. The third-order valence-electron chi connectivity index (χ3n) is 4.69. The van der Waals surface area contributed by atoms with Crippen molar-refractivity contribution in [3.05, 3.63) is 52.0 Å². The van der Waals surface area contributed by atoms with Gasteiger partial charge in [-0.05, 0) is 69.9 Å². The van der Waals surface area contributed by atoms with Crippen LogP contribution in [0.3, 0.4) is 0 Å². The lowest BCUT2D eigenvalue weighted by molar-refractivity contribution is -0.123. The highest BCUT2D eigenvalue weighted by Gasteiger charge is 2.26. The molecular formula is C19H25N3O5S. The molecule has 9 heteroatoms. The van der Waals surface area contributed by atoms with Crippen molar-refractivity contribution in [1.29, 1.82) is 0 Å². The van der Waals surface area contributed by atoms with E-state index in [9.17, 15) is 18.0 Å². The summed E-state index contributed by atoms with van der Waals surface area (Å²) in [6.07, 6.45) is 1.36. The number of carbonyl (C=O) groups excluding carboxylic acids is 2. The number of aryl methyl sites for hydroxylation is 3. The smallest absolute Gasteiger partial charge is 0.273 e. The number of carbonyl (C=O) groups is 2. The molecule has 1 aromatic carbocycles. The largest absolute Gasteiger partial charge is 0.469 e. The van der Waals surface area contributed by atoms with Gasteiger partial charge in [0, 0.05) is 0 Å². The zero-order valence-electron chi connectivity index (χ0n) is 16.8. The minimum Gasteiger partial charge on any atom is -0.469 e. The van der Waals surface area contributed by atoms with Crippen molar-refractivity contribution in [3.8, 4) is 0 Å². The number of hydrogen-bond acceptors (Lipinski definition) is 5. The summed E-state index contributed by atoms with van der Waals surface area (Å²) >= 11 is 0. The molecule has 1 heterocycles. The molecule has 28 heavy (non-hydrogen) atoms. The molecule has 2 aromatic rings. The van der Waals surface area contributed by atoms with E-state index in [1.54, 1.807) is 20.8 Å². The number of furan rings is 1. The van der Waals surface area contributed by atoms with Crippen molar-refractivity contribution in [2.75, 3.05) is 0 Å². The summed E-state index contributed by atoms with van der Waals surface area (Å²) in [5.74, 6) is -0.852. The van der Waals surface area contributed by atoms with E-state index in [2.05, 4.69) is 15.6 Å². The normalized spacial score (nSPS) is 12.5. The van der Waals surface area contributed by atoms with Crippen molar-refractivity contribution in [1.82, 2.24) is 15.6 Å². The van der Waals surface area contributed by atoms with Gasteiger partial charge < -0.3 is 4.42 Å². The van der Waals surface area contributed by atoms with Gasteiger partial charge in [-0.2, -0.15) is 4.72 Å². The van der Waals surface area contributed by atoms with Crippen molar-refractivity contribution >= 4 is 21.8 Å². The Morgan fingerprint density at radius 1 is 1.00 bits per heavy atom. The van der Waals surface area contributed by atoms with Crippen LogP contribution >= 0.6 is 0 Å². The fourth-order valence-electron chi connectivity index (χ4n) is 2.84. The highest BCUT2D eigenvalue weighted by Crippen LogP contribution is 2.26. The van der Waals surface area contributed by atoms with Gasteiger partial charge in [0.1, 0.15) is 5.76 Å². The molecule has 0 aliphatic heterocycles. The molecule has 2 rings (SSSR count). The SMILES string of the molecule is Cc1cc(C)c(C)c(S(=O)(=O)N[C@@H](C)C(=O)NNC(=O)c2ccoc2C)c1C. The van der Waals surface area contributed by atoms with Gasteiger partial charge in [0.2, 0.25) is 10.0 Å². The number of amides is 2. The molecule has 0 radical (unpaired) electrons. The summed E-state index contributed by atoms with van der Waals surface area (Å²) in [6, 6.07) is 2.29. The Morgan fingerprint density at radius 3 is 2.07 bits per heavy atom. The summed E-state index contributed by atoms with van der Waals surface area (Å²) in [6.45, 7) is 10.1. The molecule has 0 spiro atoms. The van der Waals surface area contributed by atoms with Crippen LogP contribution in [0.2, 0.25) is 0 Å². The minimum atomic E-state index is -3.94. The first-order valence-corrected chi connectivity index (χ1v) is 10.2. The molecule has 0 saturated heterocycles. The van der Waals surface area contributed by atoms with E-state index in [1.807, 2.05) is 19.9 Å². The molecule has 3 N–H and O–H groups in total. The minimum absolute atomic E-state index is 0.169. The van der Waals surface area contributed by atoms with Crippen LogP contribution in [0.15, 0.2) is 27.7 Å². The van der Waals surface area contributed by atoms with Gasteiger partial charge in [-0.3, -0.25) is 20.4 Å². The molecular weight excluding hydrogens is 382 g/mol. The summed E-state index contributed by atoms with van der Waals surface area (Å²) in [4.78, 5) is 24.4. The van der Waals surface area contributed by atoms with Crippen LogP contribution in [0, 0.1) is 34.6 Å². The van der Waals surface area contributed by atoms with Crippen LogP contribution in [0.1, 0.15) is 45.3 Å². The molecule has 0 fully saturated rings. The predicted octanol–water partition coefficient (Wildman–Crippen LogP) is 1.95. The van der Waals surface area contributed by atoms with E-state index < -0.39 is 27.9 Å². The third kappa shape index (κ3) is 4.42. The standard InChI is InChI=1S/C19H25N3O5S/c1-10-9-11(2)13(4)17(12(10)3)28(25,26)22-14(5)18(23)20-21-19(24)16-7-8-27-15(16)6/h7-9,14,22H,1-6H3,(H,20,23)(H,21,24)/t14-/m0/s1. The van der Waals surface area contributed by atoms with E-state index in [4.69, 9.17) is 4.42 Å². The maximum absolute atomic E-state index is 12.9. The van der Waals surface area contributed by atoms with Gasteiger partial charge in [-0.1, -0.05) is 6.07 Å². The van der Waals surface area contributed by atoms with Gasteiger partial charge in [0.25, 0.3) is 11.8 Å². The third-order valence-corrected chi connectivity index (χ3v) is 6.51. The number of rotatable bonds is 5. The van der Waals surface area contributed by atoms with Crippen LogP contribution in [-0.4, -0.2) is 26.3 Å². The van der Waals surface area contributed by atoms with Crippen molar-refractivity contribution in [3.63, 3.8) is 0 Å². The molecule has 1 aromatic heterocycles. The average molecular weight is 407 g/mol. The number of sulfonamides is 1. The van der Waals surface area contributed by atoms with Crippen LogP contribution in [0.4, 0.5) is 0 Å². The zero-order chi connectivity index (χ0) is 21.2. The lowest BCUT2D eigenvalue weighted by Crippen LogP contribution is -2.51. The van der Waals surface area contributed by atoms with Gasteiger partial charge in [-0.25, -0.2) is 8.42 Å². The van der Waals surface area contributed by atoms with Crippen LogP contribution in [-0.2, 0) is 14.8 Å². The fourth-order valence-corrected chi connectivity index (χ4v) is 4.66. The highest BCUT2D eigenvalue weighted by molar-refractivity contribution is 7.89. The van der Waals surface area contributed by atoms with Crippen molar-refractivity contribution < 1.29 is 22.4 Å². The first kappa shape index (κ1) is 21.6. The summed E-state index contributed by atoms with van der Waals surface area (Å²) in [7, 11) is -3.94. The number of hydrogen-bond donors (Lipinski definition) is 3. The second-order valence-corrected chi connectivity index (χ2v) is 8.42. The topological polar surface area (TPSA) is 118 Å². The monoisotopic (exact) mass is 407 g/mol. The predicted molar refractivity (Wildman–Crippen MR) is 104 cm³/mol. The number of hydrazine groups is 1. The molecule has 8 nitrogen and oxygen atoms in total. The maximum Gasteiger partial charge on any atom is 0.273 e. The first-order chi connectivity index (χ1) is 13.0. The molecule has 0 aliphatic carbocycles. The molecule has 0 bridgehead atoms. The molecule has 0 aliphatic rings. The van der Waals surface area contributed by atoms with Crippen LogP contribution in [0.25, 0.3) is 0 Å². The van der Waals surface area contributed by atoms with Crippen LogP contribution in [0.5, 0.6) is 0 Å². The molecule has 1 atom stereocenters. The Morgan fingerprint density at radius 2 is 1.57 bits per heavy atom. The van der Waals surface area contributed by atoms with Gasteiger partial charge >= 0.3 is 0 Å².